The number of amides is 1. The lowest BCUT2D eigenvalue weighted by Gasteiger charge is -2.17. The van der Waals surface area contributed by atoms with Gasteiger partial charge in [-0.3, -0.25) is 4.79 Å². The molecule has 0 bridgehead atoms. The standard InChI is InChI=1S/C12H16BrClN2O2/c1-6(7(2)15)12(17)16-10-5-8(14)4-9(13)11(10)18-3/h4-7H,15H2,1-3H3,(H,16,17). The van der Waals surface area contributed by atoms with Crippen molar-refractivity contribution in [2.75, 3.05) is 12.4 Å². The second-order valence-corrected chi connectivity index (χ2v) is 5.40. The lowest BCUT2D eigenvalue weighted by Crippen LogP contribution is -2.34. The smallest absolute Gasteiger partial charge is 0.228 e. The zero-order valence-corrected chi connectivity index (χ0v) is 12.8. The fourth-order valence-electron chi connectivity index (χ4n) is 1.35. The van der Waals surface area contributed by atoms with E-state index >= 15 is 0 Å². The summed E-state index contributed by atoms with van der Waals surface area (Å²) >= 11 is 9.27. The molecule has 0 aliphatic heterocycles. The van der Waals surface area contributed by atoms with Crippen LogP contribution in [-0.4, -0.2) is 19.1 Å². The molecule has 4 nitrogen and oxygen atoms in total. The Morgan fingerprint density at radius 3 is 2.61 bits per heavy atom. The molecule has 100 valence electrons. The van der Waals surface area contributed by atoms with Gasteiger partial charge in [-0.25, -0.2) is 0 Å². The highest BCUT2D eigenvalue weighted by molar-refractivity contribution is 9.10. The van der Waals surface area contributed by atoms with Gasteiger partial charge in [-0.05, 0) is 35.0 Å². The van der Waals surface area contributed by atoms with Gasteiger partial charge in [0.25, 0.3) is 0 Å². The van der Waals surface area contributed by atoms with E-state index in [2.05, 4.69) is 21.2 Å². The van der Waals surface area contributed by atoms with Crippen molar-refractivity contribution in [3.63, 3.8) is 0 Å². The van der Waals surface area contributed by atoms with E-state index in [1.54, 1.807) is 26.0 Å². The molecule has 0 saturated heterocycles. The van der Waals surface area contributed by atoms with Gasteiger partial charge in [0.15, 0.2) is 5.75 Å². The molecule has 0 spiro atoms. The summed E-state index contributed by atoms with van der Waals surface area (Å²) in [5.74, 6) is 0.0644. The van der Waals surface area contributed by atoms with Gasteiger partial charge in [-0.15, -0.1) is 0 Å². The van der Waals surface area contributed by atoms with Gasteiger partial charge in [0.1, 0.15) is 0 Å². The first-order valence-corrected chi connectivity index (χ1v) is 6.63. The van der Waals surface area contributed by atoms with Gasteiger partial charge < -0.3 is 15.8 Å². The molecule has 0 heterocycles. The minimum absolute atomic E-state index is 0.169. The van der Waals surface area contributed by atoms with Gasteiger partial charge in [0, 0.05) is 11.1 Å². The van der Waals surface area contributed by atoms with Crippen LogP contribution in [0.1, 0.15) is 13.8 Å². The topological polar surface area (TPSA) is 64.3 Å². The highest BCUT2D eigenvalue weighted by atomic mass is 79.9. The summed E-state index contributed by atoms with van der Waals surface area (Å²) in [4.78, 5) is 11.9. The number of hydrogen-bond donors (Lipinski definition) is 2. The number of carbonyl (C=O) groups excluding carboxylic acids is 1. The Labute approximate surface area is 120 Å². The number of anilines is 1. The Balaban J connectivity index is 3.00. The third kappa shape index (κ3) is 3.60. The maximum atomic E-state index is 11.9. The summed E-state index contributed by atoms with van der Waals surface area (Å²) in [7, 11) is 1.53. The zero-order valence-electron chi connectivity index (χ0n) is 10.5. The number of rotatable bonds is 4. The second-order valence-electron chi connectivity index (χ2n) is 4.11. The molecule has 0 aliphatic carbocycles. The van der Waals surface area contributed by atoms with Crippen LogP contribution in [0.25, 0.3) is 0 Å². The van der Waals surface area contributed by atoms with Crippen LogP contribution in [0.4, 0.5) is 5.69 Å². The number of carbonyl (C=O) groups is 1. The Morgan fingerprint density at radius 1 is 1.50 bits per heavy atom. The van der Waals surface area contributed by atoms with E-state index in [1.165, 1.54) is 7.11 Å². The SMILES string of the molecule is COc1c(Br)cc(Cl)cc1NC(=O)C(C)C(C)N. The maximum Gasteiger partial charge on any atom is 0.228 e. The van der Waals surface area contributed by atoms with Crippen molar-refractivity contribution in [3.8, 4) is 5.75 Å². The van der Waals surface area contributed by atoms with Crippen LogP contribution in [0.15, 0.2) is 16.6 Å². The Kier molecular flexibility index (Phi) is 5.44. The van der Waals surface area contributed by atoms with Crippen LogP contribution in [0.5, 0.6) is 5.75 Å². The second kappa shape index (κ2) is 6.41. The van der Waals surface area contributed by atoms with E-state index in [-0.39, 0.29) is 17.9 Å². The number of nitrogens with two attached hydrogens (primary N) is 1. The molecule has 2 unspecified atom stereocenters. The van der Waals surface area contributed by atoms with Crippen LogP contribution in [0, 0.1) is 5.92 Å². The number of nitrogens with one attached hydrogen (secondary N) is 1. The van der Waals surface area contributed by atoms with Gasteiger partial charge >= 0.3 is 0 Å². The van der Waals surface area contributed by atoms with Gasteiger partial charge in [0.05, 0.1) is 23.2 Å². The third-order valence-electron chi connectivity index (χ3n) is 2.67. The van der Waals surface area contributed by atoms with Crippen molar-refractivity contribution in [1.29, 1.82) is 0 Å². The Bertz CT molecular complexity index is 452. The average Bonchev–Trinajstić information content (AvgIpc) is 2.27. The number of halogens is 2. The number of methoxy groups -OCH3 is 1. The first-order chi connectivity index (χ1) is 8.36. The molecule has 0 radical (unpaired) electrons. The van der Waals surface area contributed by atoms with Crippen LogP contribution in [-0.2, 0) is 4.79 Å². The van der Waals surface area contributed by atoms with Gasteiger partial charge in [0.2, 0.25) is 5.91 Å². The predicted octanol–water partition coefficient (Wildman–Crippen LogP) is 3.03. The predicted molar refractivity (Wildman–Crippen MR) is 77.1 cm³/mol. The van der Waals surface area contributed by atoms with E-state index < -0.39 is 0 Å². The fourth-order valence-corrected chi connectivity index (χ4v) is 2.32. The number of hydrogen-bond acceptors (Lipinski definition) is 3. The normalized spacial score (nSPS) is 13.9. The first kappa shape index (κ1) is 15.3. The maximum absolute atomic E-state index is 11.9. The van der Waals surface area contributed by atoms with E-state index in [0.717, 1.165) is 0 Å². The summed E-state index contributed by atoms with van der Waals surface area (Å²) in [6.07, 6.45) is 0. The van der Waals surface area contributed by atoms with Gasteiger partial charge in [-0.1, -0.05) is 18.5 Å². The first-order valence-electron chi connectivity index (χ1n) is 5.46. The fraction of sp³-hybridized carbons (Fsp3) is 0.417. The molecule has 2 atom stereocenters. The lowest BCUT2D eigenvalue weighted by atomic mass is 10.0. The van der Waals surface area contributed by atoms with Crippen molar-refractivity contribution >= 4 is 39.1 Å². The van der Waals surface area contributed by atoms with Crippen molar-refractivity contribution in [2.45, 2.75) is 19.9 Å². The largest absolute Gasteiger partial charge is 0.493 e. The monoisotopic (exact) mass is 334 g/mol. The Hall–Kier alpha value is -0.780. The molecule has 1 aromatic rings. The summed E-state index contributed by atoms with van der Waals surface area (Å²) in [5, 5.41) is 3.27. The molecule has 3 N–H and O–H groups in total. The Morgan fingerprint density at radius 2 is 2.11 bits per heavy atom. The molecule has 0 aliphatic rings. The molecule has 18 heavy (non-hydrogen) atoms. The lowest BCUT2D eigenvalue weighted by molar-refractivity contribution is -0.119. The highest BCUT2D eigenvalue weighted by Crippen LogP contribution is 2.36. The van der Waals surface area contributed by atoms with Gasteiger partial charge in [-0.2, -0.15) is 0 Å². The van der Waals surface area contributed by atoms with Crippen LogP contribution < -0.4 is 15.8 Å². The molecule has 1 rings (SSSR count). The highest BCUT2D eigenvalue weighted by Gasteiger charge is 2.19. The molecule has 1 aromatic carbocycles. The number of benzene rings is 1. The molecule has 0 saturated carbocycles. The summed E-state index contributed by atoms with van der Waals surface area (Å²) < 4.78 is 5.90. The molecule has 0 fully saturated rings. The molecular weight excluding hydrogens is 320 g/mol. The average molecular weight is 336 g/mol. The molecule has 0 aromatic heterocycles. The summed E-state index contributed by atoms with van der Waals surface area (Å²) in [5.41, 5.74) is 6.22. The molecular formula is C12H16BrClN2O2. The van der Waals surface area contributed by atoms with E-state index in [1.807, 2.05) is 0 Å². The van der Waals surface area contributed by atoms with Crippen LogP contribution in [0.2, 0.25) is 5.02 Å². The third-order valence-corrected chi connectivity index (χ3v) is 3.48. The minimum atomic E-state index is -0.299. The van der Waals surface area contributed by atoms with Crippen molar-refractivity contribution in [1.82, 2.24) is 0 Å². The minimum Gasteiger partial charge on any atom is -0.493 e. The van der Waals surface area contributed by atoms with E-state index in [9.17, 15) is 4.79 Å². The van der Waals surface area contributed by atoms with Crippen LogP contribution in [0.3, 0.4) is 0 Å². The van der Waals surface area contributed by atoms with E-state index in [4.69, 9.17) is 22.1 Å². The van der Waals surface area contributed by atoms with Crippen LogP contribution >= 0.6 is 27.5 Å². The van der Waals surface area contributed by atoms with E-state index in [0.29, 0.717) is 20.9 Å². The van der Waals surface area contributed by atoms with Crippen molar-refractivity contribution < 1.29 is 9.53 Å². The zero-order chi connectivity index (χ0) is 13.9. The quantitative estimate of drug-likeness (QED) is 0.889. The molecule has 6 heteroatoms. The van der Waals surface area contributed by atoms with Crippen molar-refractivity contribution in [2.24, 2.45) is 11.7 Å². The molecule has 1 amide bonds. The number of ether oxygens (including phenoxy) is 1. The van der Waals surface area contributed by atoms with Crippen molar-refractivity contribution in [3.05, 3.63) is 21.6 Å². The summed E-state index contributed by atoms with van der Waals surface area (Å²) in [6, 6.07) is 3.11. The summed E-state index contributed by atoms with van der Waals surface area (Å²) in [6.45, 7) is 3.56.